The summed E-state index contributed by atoms with van der Waals surface area (Å²) in [7, 11) is 0. The fraction of sp³-hybridized carbons (Fsp3) is 0.571. The smallest absolute Gasteiger partial charge is 0.387 e. The SMILES string of the molecule is CCC1CCN(c2cc(OC(F)F)c(F)cc2N)CC1. The molecule has 1 heterocycles. The molecule has 20 heavy (non-hydrogen) atoms. The Morgan fingerprint density at radius 2 is 2.00 bits per heavy atom. The van der Waals surface area contributed by atoms with Crippen LogP contribution in [0.5, 0.6) is 5.75 Å². The molecule has 0 aliphatic carbocycles. The number of anilines is 2. The molecule has 0 saturated carbocycles. The number of halogens is 3. The zero-order valence-corrected chi connectivity index (χ0v) is 11.4. The Balaban J connectivity index is 2.19. The van der Waals surface area contributed by atoms with Crippen LogP contribution in [0.2, 0.25) is 0 Å². The Hall–Kier alpha value is -1.59. The van der Waals surface area contributed by atoms with E-state index >= 15 is 0 Å². The number of nitrogens with zero attached hydrogens (tertiary/aromatic N) is 1. The van der Waals surface area contributed by atoms with E-state index in [-0.39, 0.29) is 5.69 Å². The second-order valence-electron chi connectivity index (χ2n) is 5.06. The first kappa shape index (κ1) is 14.8. The molecule has 0 unspecified atom stereocenters. The molecule has 0 aromatic heterocycles. The van der Waals surface area contributed by atoms with Crippen molar-refractivity contribution in [3.05, 3.63) is 17.9 Å². The molecule has 6 heteroatoms. The molecule has 1 fully saturated rings. The number of nitrogen functional groups attached to an aromatic ring is 1. The summed E-state index contributed by atoms with van der Waals surface area (Å²) >= 11 is 0. The predicted molar refractivity (Wildman–Crippen MR) is 72.7 cm³/mol. The molecule has 1 aromatic carbocycles. The second-order valence-corrected chi connectivity index (χ2v) is 5.06. The van der Waals surface area contributed by atoms with E-state index in [1.54, 1.807) is 0 Å². The molecular formula is C14H19F3N2O. The third kappa shape index (κ3) is 3.29. The fourth-order valence-corrected chi connectivity index (χ4v) is 2.60. The van der Waals surface area contributed by atoms with Crippen LogP contribution in [0.3, 0.4) is 0 Å². The maximum atomic E-state index is 13.5. The Morgan fingerprint density at radius 1 is 1.35 bits per heavy atom. The van der Waals surface area contributed by atoms with Gasteiger partial charge >= 0.3 is 6.61 Å². The van der Waals surface area contributed by atoms with Crippen LogP contribution in [0, 0.1) is 11.7 Å². The zero-order valence-electron chi connectivity index (χ0n) is 11.4. The highest BCUT2D eigenvalue weighted by atomic mass is 19.3. The molecule has 2 rings (SSSR count). The molecule has 1 aliphatic heterocycles. The van der Waals surface area contributed by atoms with Crippen molar-refractivity contribution in [3.8, 4) is 5.75 Å². The monoisotopic (exact) mass is 288 g/mol. The highest BCUT2D eigenvalue weighted by molar-refractivity contribution is 5.70. The molecule has 1 aromatic rings. The largest absolute Gasteiger partial charge is 0.432 e. The minimum Gasteiger partial charge on any atom is -0.432 e. The van der Waals surface area contributed by atoms with Crippen LogP contribution in [0.4, 0.5) is 24.5 Å². The number of ether oxygens (including phenoxy) is 1. The maximum absolute atomic E-state index is 13.5. The first-order valence-electron chi connectivity index (χ1n) is 6.80. The number of hydrogen-bond acceptors (Lipinski definition) is 3. The van der Waals surface area contributed by atoms with Gasteiger partial charge in [-0.3, -0.25) is 0 Å². The van der Waals surface area contributed by atoms with Gasteiger partial charge in [-0.15, -0.1) is 0 Å². The van der Waals surface area contributed by atoms with E-state index in [4.69, 9.17) is 5.73 Å². The van der Waals surface area contributed by atoms with Crippen LogP contribution in [-0.2, 0) is 0 Å². The molecule has 3 nitrogen and oxygen atoms in total. The number of hydrogen-bond donors (Lipinski definition) is 1. The van der Waals surface area contributed by atoms with Crippen LogP contribution in [0.1, 0.15) is 26.2 Å². The van der Waals surface area contributed by atoms with Crippen LogP contribution < -0.4 is 15.4 Å². The molecule has 2 N–H and O–H groups in total. The molecule has 0 bridgehead atoms. The van der Waals surface area contributed by atoms with Crippen LogP contribution in [-0.4, -0.2) is 19.7 Å². The van der Waals surface area contributed by atoms with E-state index in [0.29, 0.717) is 11.6 Å². The number of rotatable bonds is 4. The minimum atomic E-state index is -3.05. The third-order valence-corrected chi connectivity index (χ3v) is 3.83. The second kappa shape index (κ2) is 6.24. The maximum Gasteiger partial charge on any atom is 0.387 e. The quantitative estimate of drug-likeness (QED) is 0.860. The first-order valence-corrected chi connectivity index (χ1v) is 6.80. The molecule has 0 amide bonds. The van der Waals surface area contributed by atoms with Crippen molar-refractivity contribution in [2.24, 2.45) is 5.92 Å². The molecule has 0 atom stereocenters. The van der Waals surface area contributed by atoms with E-state index in [0.717, 1.165) is 38.4 Å². The number of nitrogens with two attached hydrogens (primary N) is 1. The van der Waals surface area contributed by atoms with Crippen molar-refractivity contribution in [3.63, 3.8) is 0 Å². The molecule has 0 radical (unpaired) electrons. The molecule has 112 valence electrons. The van der Waals surface area contributed by atoms with Gasteiger partial charge in [0.05, 0.1) is 11.4 Å². The van der Waals surface area contributed by atoms with Crippen molar-refractivity contribution in [1.82, 2.24) is 0 Å². The van der Waals surface area contributed by atoms with E-state index in [2.05, 4.69) is 11.7 Å². The Bertz CT molecular complexity index is 460. The summed E-state index contributed by atoms with van der Waals surface area (Å²) in [5.74, 6) is -0.637. The first-order chi connectivity index (χ1) is 9.51. The number of piperidine rings is 1. The van der Waals surface area contributed by atoms with Crippen LogP contribution >= 0.6 is 0 Å². The highest BCUT2D eigenvalue weighted by Crippen LogP contribution is 2.34. The van der Waals surface area contributed by atoms with Crippen molar-refractivity contribution in [2.75, 3.05) is 23.7 Å². The molecule has 1 aliphatic rings. The molecule has 1 saturated heterocycles. The molecule has 0 spiro atoms. The number of alkyl halides is 2. The average Bonchev–Trinajstić information content (AvgIpc) is 2.41. The van der Waals surface area contributed by atoms with Crippen molar-refractivity contribution < 1.29 is 17.9 Å². The van der Waals surface area contributed by atoms with Crippen LogP contribution in [0.15, 0.2) is 12.1 Å². The standard InChI is InChI=1S/C14H19F3N2O/c1-2-9-3-5-19(6-4-9)12-8-13(20-14(16)17)10(15)7-11(12)18/h7-9,14H,2-6,18H2,1H3. The lowest BCUT2D eigenvalue weighted by atomic mass is 9.94. The third-order valence-electron chi connectivity index (χ3n) is 3.83. The summed E-state index contributed by atoms with van der Waals surface area (Å²) in [5, 5.41) is 0. The normalized spacial score (nSPS) is 16.8. The van der Waals surface area contributed by atoms with Gasteiger partial charge in [-0.2, -0.15) is 8.78 Å². The van der Waals surface area contributed by atoms with Gasteiger partial charge in [-0.1, -0.05) is 13.3 Å². The lowest BCUT2D eigenvalue weighted by Gasteiger charge is -2.34. The van der Waals surface area contributed by atoms with Crippen LogP contribution in [0.25, 0.3) is 0 Å². The van der Waals surface area contributed by atoms with Gasteiger partial charge < -0.3 is 15.4 Å². The van der Waals surface area contributed by atoms with Gasteiger partial charge in [0.25, 0.3) is 0 Å². The van der Waals surface area contributed by atoms with E-state index in [1.807, 2.05) is 4.90 Å². The van der Waals surface area contributed by atoms with Gasteiger partial charge in [-0.25, -0.2) is 4.39 Å². The van der Waals surface area contributed by atoms with Crippen molar-refractivity contribution >= 4 is 11.4 Å². The lowest BCUT2D eigenvalue weighted by molar-refractivity contribution is -0.0521. The summed E-state index contributed by atoms with van der Waals surface area (Å²) in [4.78, 5) is 2.00. The van der Waals surface area contributed by atoms with E-state index < -0.39 is 18.2 Å². The fourth-order valence-electron chi connectivity index (χ4n) is 2.60. The number of benzene rings is 1. The van der Waals surface area contributed by atoms with Gasteiger partial charge in [0.1, 0.15) is 0 Å². The van der Waals surface area contributed by atoms with Crippen molar-refractivity contribution in [1.29, 1.82) is 0 Å². The topological polar surface area (TPSA) is 38.5 Å². The minimum absolute atomic E-state index is 0.249. The van der Waals surface area contributed by atoms with Gasteiger partial charge in [0.15, 0.2) is 11.6 Å². The van der Waals surface area contributed by atoms with Gasteiger partial charge in [0, 0.05) is 25.2 Å². The van der Waals surface area contributed by atoms with Crippen molar-refractivity contribution in [2.45, 2.75) is 32.8 Å². The summed E-state index contributed by atoms with van der Waals surface area (Å²) < 4.78 is 42.2. The Kier molecular flexibility index (Phi) is 4.62. The molecular weight excluding hydrogens is 269 g/mol. The summed E-state index contributed by atoms with van der Waals surface area (Å²) in [6.45, 7) is 0.693. The highest BCUT2D eigenvalue weighted by Gasteiger charge is 2.22. The summed E-state index contributed by atoms with van der Waals surface area (Å²) in [5.41, 5.74) is 6.61. The average molecular weight is 288 g/mol. The van der Waals surface area contributed by atoms with E-state index in [1.165, 1.54) is 6.07 Å². The zero-order chi connectivity index (χ0) is 14.7. The predicted octanol–water partition coefficient (Wildman–Crippen LogP) is 3.64. The van der Waals surface area contributed by atoms with E-state index in [9.17, 15) is 13.2 Å². The van der Waals surface area contributed by atoms with Gasteiger partial charge in [-0.05, 0) is 18.8 Å². The van der Waals surface area contributed by atoms with Gasteiger partial charge in [0.2, 0.25) is 0 Å². The summed E-state index contributed by atoms with van der Waals surface area (Å²) in [6.07, 6.45) is 3.18. The Labute approximate surface area is 116 Å². The lowest BCUT2D eigenvalue weighted by Crippen LogP contribution is -2.34. The Morgan fingerprint density at radius 3 is 2.55 bits per heavy atom. The summed E-state index contributed by atoms with van der Waals surface area (Å²) in [6, 6.07) is 2.31.